The molecule has 0 saturated carbocycles. The molecule has 0 spiro atoms. The quantitative estimate of drug-likeness (QED) is 0.688. The van der Waals surface area contributed by atoms with Crippen LogP contribution in [0, 0.1) is 0 Å². The van der Waals surface area contributed by atoms with Gasteiger partial charge in [-0.1, -0.05) is 24.3 Å². The summed E-state index contributed by atoms with van der Waals surface area (Å²) in [6.07, 6.45) is 5.75. The van der Waals surface area contributed by atoms with E-state index < -0.39 is 0 Å². The summed E-state index contributed by atoms with van der Waals surface area (Å²) in [5.41, 5.74) is 4.68. The second kappa shape index (κ2) is 7.39. The molecule has 2 aliphatic rings. The predicted molar refractivity (Wildman–Crippen MR) is 110 cm³/mol. The summed E-state index contributed by atoms with van der Waals surface area (Å²) < 4.78 is 11.2. The van der Waals surface area contributed by atoms with E-state index in [0.717, 1.165) is 55.0 Å². The highest BCUT2D eigenvalue weighted by Crippen LogP contribution is 2.30. The summed E-state index contributed by atoms with van der Waals surface area (Å²) in [6.45, 7) is -0.0701. The van der Waals surface area contributed by atoms with Crippen LogP contribution >= 0.6 is 0 Å². The Bertz CT molecular complexity index is 1150. The number of ether oxygens (including phenoxy) is 1. The SMILES string of the molecule is O=C(COc1ccc2c3c(c(=O)oc2c1)CCC3)N[C@@H]1CCCc2ccccc21. The van der Waals surface area contributed by atoms with Crippen molar-refractivity contribution in [3.05, 3.63) is 75.1 Å². The summed E-state index contributed by atoms with van der Waals surface area (Å²) in [5, 5.41) is 4.05. The average Bonchev–Trinajstić information content (AvgIpc) is 3.23. The van der Waals surface area contributed by atoms with E-state index in [1.165, 1.54) is 11.1 Å². The molecular weight excluding hydrogens is 366 g/mol. The Hall–Kier alpha value is -3.08. The Morgan fingerprint density at radius 2 is 1.93 bits per heavy atom. The number of aryl methyl sites for hydroxylation is 2. The van der Waals surface area contributed by atoms with E-state index >= 15 is 0 Å². The summed E-state index contributed by atoms with van der Waals surface area (Å²) in [6, 6.07) is 13.8. The molecule has 3 aromatic rings. The van der Waals surface area contributed by atoms with Crippen molar-refractivity contribution in [2.45, 2.75) is 44.6 Å². The number of nitrogens with one attached hydrogen (secondary N) is 1. The fraction of sp³-hybridized carbons (Fsp3) is 0.333. The molecule has 0 fully saturated rings. The lowest BCUT2D eigenvalue weighted by atomic mass is 9.88. The Kier molecular flexibility index (Phi) is 4.58. The molecule has 1 N–H and O–H groups in total. The summed E-state index contributed by atoms with van der Waals surface area (Å²) in [4.78, 5) is 24.6. The second-order valence-electron chi connectivity index (χ2n) is 7.86. The molecule has 148 valence electrons. The molecule has 2 aromatic carbocycles. The lowest BCUT2D eigenvalue weighted by Gasteiger charge is -2.26. The number of fused-ring (bicyclic) bond motifs is 4. The van der Waals surface area contributed by atoms with Gasteiger partial charge in [-0.15, -0.1) is 0 Å². The number of rotatable bonds is 4. The van der Waals surface area contributed by atoms with E-state index in [-0.39, 0.29) is 24.2 Å². The van der Waals surface area contributed by atoms with Crippen molar-refractivity contribution in [2.75, 3.05) is 6.61 Å². The Morgan fingerprint density at radius 1 is 1.07 bits per heavy atom. The Labute approximate surface area is 168 Å². The zero-order valence-corrected chi connectivity index (χ0v) is 16.2. The summed E-state index contributed by atoms with van der Waals surface area (Å²) in [7, 11) is 0. The normalized spacial score (nSPS) is 17.6. The third-order valence-corrected chi connectivity index (χ3v) is 6.02. The first-order valence-corrected chi connectivity index (χ1v) is 10.3. The van der Waals surface area contributed by atoms with Crippen molar-refractivity contribution in [3.63, 3.8) is 0 Å². The number of benzene rings is 2. The molecule has 1 atom stereocenters. The highest BCUT2D eigenvalue weighted by molar-refractivity contribution is 5.83. The van der Waals surface area contributed by atoms with Crippen molar-refractivity contribution in [1.82, 2.24) is 5.32 Å². The molecule has 0 saturated heterocycles. The number of hydrogen-bond donors (Lipinski definition) is 1. The van der Waals surface area contributed by atoms with Crippen LogP contribution in [0.4, 0.5) is 0 Å². The predicted octanol–water partition coefficient (Wildman–Crippen LogP) is 3.85. The lowest BCUT2D eigenvalue weighted by molar-refractivity contribution is -0.123. The van der Waals surface area contributed by atoms with E-state index in [1.807, 2.05) is 24.3 Å². The molecule has 2 aliphatic carbocycles. The van der Waals surface area contributed by atoms with Crippen LogP contribution in [-0.4, -0.2) is 12.5 Å². The van der Waals surface area contributed by atoms with E-state index in [9.17, 15) is 9.59 Å². The largest absolute Gasteiger partial charge is 0.484 e. The number of amides is 1. The van der Waals surface area contributed by atoms with Crippen LogP contribution in [0.3, 0.4) is 0 Å². The molecular formula is C24H23NO4. The van der Waals surface area contributed by atoms with Gasteiger partial charge in [0.2, 0.25) is 0 Å². The van der Waals surface area contributed by atoms with Gasteiger partial charge in [-0.05, 0) is 67.3 Å². The third kappa shape index (κ3) is 3.41. The summed E-state index contributed by atoms with van der Waals surface area (Å²) >= 11 is 0. The van der Waals surface area contributed by atoms with Crippen molar-refractivity contribution in [1.29, 1.82) is 0 Å². The molecule has 29 heavy (non-hydrogen) atoms. The fourth-order valence-electron chi connectivity index (χ4n) is 4.64. The monoisotopic (exact) mass is 389 g/mol. The zero-order valence-electron chi connectivity index (χ0n) is 16.2. The highest BCUT2D eigenvalue weighted by Gasteiger charge is 2.22. The summed E-state index contributed by atoms with van der Waals surface area (Å²) in [5.74, 6) is 0.375. The smallest absolute Gasteiger partial charge is 0.339 e. The maximum absolute atomic E-state index is 12.5. The van der Waals surface area contributed by atoms with E-state index in [4.69, 9.17) is 9.15 Å². The van der Waals surface area contributed by atoms with Crippen LogP contribution in [0.5, 0.6) is 5.75 Å². The molecule has 0 aliphatic heterocycles. The highest BCUT2D eigenvalue weighted by atomic mass is 16.5. The first kappa shape index (κ1) is 18.0. The van der Waals surface area contributed by atoms with Gasteiger partial charge in [-0.3, -0.25) is 4.79 Å². The first-order chi connectivity index (χ1) is 14.2. The topological polar surface area (TPSA) is 68.5 Å². The third-order valence-electron chi connectivity index (χ3n) is 6.02. The van der Waals surface area contributed by atoms with Crippen LogP contribution in [0.1, 0.15) is 47.6 Å². The minimum atomic E-state index is -0.254. The molecule has 1 heterocycles. The van der Waals surface area contributed by atoms with Gasteiger partial charge in [0.1, 0.15) is 11.3 Å². The van der Waals surface area contributed by atoms with Gasteiger partial charge in [-0.25, -0.2) is 4.79 Å². The Morgan fingerprint density at radius 3 is 2.86 bits per heavy atom. The van der Waals surface area contributed by atoms with Crippen LogP contribution < -0.4 is 15.7 Å². The molecule has 1 aromatic heterocycles. The van der Waals surface area contributed by atoms with E-state index in [2.05, 4.69) is 17.4 Å². The van der Waals surface area contributed by atoms with Crippen LogP contribution in [0.2, 0.25) is 0 Å². The molecule has 5 heteroatoms. The average molecular weight is 389 g/mol. The first-order valence-electron chi connectivity index (χ1n) is 10.3. The van der Waals surface area contributed by atoms with Gasteiger partial charge < -0.3 is 14.5 Å². The van der Waals surface area contributed by atoms with Gasteiger partial charge in [-0.2, -0.15) is 0 Å². The standard InChI is InChI=1S/C24H23NO4/c26-23(25-21-10-3-6-15-5-1-2-7-17(15)21)14-28-16-11-12-19-18-8-4-9-20(18)24(27)29-22(19)13-16/h1-2,5,7,11-13,21H,3-4,6,8-10,14H2,(H,25,26)/t21-/m1/s1. The van der Waals surface area contributed by atoms with Crippen LogP contribution in [0.25, 0.3) is 11.0 Å². The van der Waals surface area contributed by atoms with E-state index in [1.54, 1.807) is 6.07 Å². The van der Waals surface area contributed by atoms with Crippen molar-refractivity contribution in [2.24, 2.45) is 0 Å². The minimum Gasteiger partial charge on any atom is -0.484 e. The van der Waals surface area contributed by atoms with Crippen molar-refractivity contribution < 1.29 is 13.9 Å². The van der Waals surface area contributed by atoms with Gasteiger partial charge in [0.05, 0.1) is 6.04 Å². The minimum absolute atomic E-state index is 0.0354. The van der Waals surface area contributed by atoms with Crippen molar-refractivity contribution >= 4 is 16.9 Å². The van der Waals surface area contributed by atoms with Gasteiger partial charge in [0.25, 0.3) is 5.91 Å². The fourth-order valence-corrected chi connectivity index (χ4v) is 4.64. The van der Waals surface area contributed by atoms with Gasteiger partial charge >= 0.3 is 5.63 Å². The number of hydrogen-bond acceptors (Lipinski definition) is 4. The molecule has 0 bridgehead atoms. The molecule has 0 radical (unpaired) electrons. The van der Waals surface area contributed by atoms with Gasteiger partial charge in [0.15, 0.2) is 6.61 Å². The zero-order chi connectivity index (χ0) is 19.8. The number of carbonyl (C=O) groups excluding carboxylic acids is 1. The molecule has 0 unspecified atom stereocenters. The maximum atomic E-state index is 12.5. The molecule has 5 rings (SSSR count). The van der Waals surface area contributed by atoms with Crippen molar-refractivity contribution in [3.8, 4) is 5.75 Å². The van der Waals surface area contributed by atoms with Crippen LogP contribution in [0.15, 0.2) is 51.7 Å². The van der Waals surface area contributed by atoms with Gasteiger partial charge in [0, 0.05) is 17.0 Å². The number of carbonyl (C=O) groups is 1. The van der Waals surface area contributed by atoms with E-state index in [0.29, 0.717) is 11.3 Å². The molecule has 1 amide bonds. The maximum Gasteiger partial charge on any atom is 0.339 e. The lowest BCUT2D eigenvalue weighted by Crippen LogP contribution is -2.34. The Balaban J connectivity index is 1.28. The van der Waals surface area contributed by atoms with Crippen LogP contribution in [-0.2, 0) is 24.1 Å². The second-order valence-corrected chi connectivity index (χ2v) is 7.86. The molecule has 5 nitrogen and oxygen atoms in total.